The number of benzene rings is 3. The molecule has 0 bridgehead atoms. The first kappa shape index (κ1) is 26.6. The molecule has 0 radical (unpaired) electrons. The Morgan fingerprint density at radius 1 is 0.947 bits per heavy atom. The van der Waals surface area contributed by atoms with Gasteiger partial charge < -0.3 is 20.5 Å². The Labute approximate surface area is 227 Å². The highest BCUT2D eigenvalue weighted by Gasteiger charge is 2.23. The van der Waals surface area contributed by atoms with Crippen molar-refractivity contribution in [1.82, 2.24) is 4.98 Å². The van der Waals surface area contributed by atoms with Gasteiger partial charge in [0.2, 0.25) is 11.8 Å². The summed E-state index contributed by atoms with van der Waals surface area (Å²) in [6.45, 7) is 0. The lowest BCUT2D eigenvalue weighted by molar-refractivity contribution is -0.131. The minimum absolute atomic E-state index is 0.215. The molecule has 4 rings (SSSR count). The number of thiazole rings is 1. The maximum absolute atomic E-state index is 13.4. The van der Waals surface area contributed by atoms with Crippen LogP contribution < -0.4 is 15.4 Å². The van der Waals surface area contributed by atoms with Gasteiger partial charge in [0.05, 0.1) is 12.8 Å². The van der Waals surface area contributed by atoms with Gasteiger partial charge in [0.1, 0.15) is 11.0 Å². The van der Waals surface area contributed by atoms with Crippen LogP contribution >= 0.6 is 23.1 Å². The molecule has 0 aliphatic carbocycles. The van der Waals surface area contributed by atoms with Crippen molar-refractivity contribution in [2.24, 2.45) is 0 Å². The summed E-state index contributed by atoms with van der Waals surface area (Å²) in [5.74, 6) is -1.21. The largest absolute Gasteiger partial charge is 0.497 e. The van der Waals surface area contributed by atoms with Crippen LogP contribution in [0.5, 0.6) is 5.75 Å². The zero-order valence-corrected chi connectivity index (χ0v) is 21.8. The third-order valence-electron chi connectivity index (χ3n) is 5.21. The van der Waals surface area contributed by atoms with Crippen molar-refractivity contribution in [2.45, 2.75) is 10.1 Å². The molecule has 1 atom stereocenters. The normalized spacial score (nSPS) is 11.6. The molecule has 1 aromatic heterocycles. The standard InChI is InChI=1S/C28H23N3O5S2/c1-36-21-11-7-18(8-12-21)23-17-37-28(30-23)31-27(35)26(19-5-3-2-4-6-19)38-22-13-9-20(10-14-22)29-24(32)15-16-25(33)34/h2-17,26H,1H3,(H,29,32)(H,33,34)(H,30,31,35)/b16-15+. The van der Waals surface area contributed by atoms with Crippen LogP contribution in [0.2, 0.25) is 0 Å². The number of ether oxygens (including phenoxy) is 1. The van der Waals surface area contributed by atoms with Gasteiger partial charge in [-0.25, -0.2) is 9.78 Å². The van der Waals surface area contributed by atoms with Crippen molar-refractivity contribution in [3.63, 3.8) is 0 Å². The average molecular weight is 546 g/mol. The molecular weight excluding hydrogens is 522 g/mol. The van der Waals surface area contributed by atoms with Crippen molar-refractivity contribution in [3.8, 4) is 17.0 Å². The molecule has 0 fully saturated rings. The maximum atomic E-state index is 13.4. The minimum atomic E-state index is -1.20. The van der Waals surface area contributed by atoms with E-state index in [1.54, 1.807) is 31.4 Å². The van der Waals surface area contributed by atoms with Crippen molar-refractivity contribution in [3.05, 3.63) is 102 Å². The molecule has 8 nitrogen and oxygen atoms in total. The molecule has 1 unspecified atom stereocenters. The van der Waals surface area contributed by atoms with E-state index in [1.165, 1.54) is 23.1 Å². The van der Waals surface area contributed by atoms with Crippen molar-refractivity contribution >= 4 is 51.7 Å². The van der Waals surface area contributed by atoms with Gasteiger partial charge >= 0.3 is 5.97 Å². The highest BCUT2D eigenvalue weighted by molar-refractivity contribution is 8.00. The van der Waals surface area contributed by atoms with E-state index < -0.39 is 17.1 Å². The lowest BCUT2D eigenvalue weighted by Gasteiger charge is -2.16. The van der Waals surface area contributed by atoms with E-state index in [0.717, 1.165) is 39.6 Å². The molecule has 0 saturated heterocycles. The van der Waals surface area contributed by atoms with E-state index in [4.69, 9.17) is 9.84 Å². The summed E-state index contributed by atoms with van der Waals surface area (Å²) < 4.78 is 5.20. The summed E-state index contributed by atoms with van der Waals surface area (Å²) >= 11 is 2.71. The Balaban J connectivity index is 1.47. The quantitative estimate of drug-likeness (QED) is 0.168. The molecule has 3 N–H and O–H groups in total. The second-order valence-electron chi connectivity index (χ2n) is 7.85. The van der Waals surface area contributed by atoms with Gasteiger partial charge in [-0.2, -0.15) is 0 Å². The molecule has 0 aliphatic heterocycles. The minimum Gasteiger partial charge on any atom is -0.497 e. The Hall–Kier alpha value is -4.41. The number of thioether (sulfide) groups is 1. The monoisotopic (exact) mass is 545 g/mol. The molecule has 1 heterocycles. The molecule has 192 valence electrons. The number of hydrogen-bond donors (Lipinski definition) is 3. The van der Waals surface area contributed by atoms with E-state index in [1.807, 2.05) is 60.0 Å². The highest BCUT2D eigenvalue weighted by atomic mass is 32.2. The molecule has 0 aliphatic rings. The van der Waals surface area contributed by atoms with Gasteiger partial charge in [-0.15, -0.1) is 23.1 Å². The number of carboxylic acid groups (broad SMARTS) is 1. The highest BCUT2D eigenvalue weighted by Crippen LogP contribution is 2.37. The molecule has 4 aromatic rings. The van der Waals surface area contributed by atoms with E-state index in [-0.39, 0.29) is 5.91 Å². The second-order valence-corrected chi connectivity index (χ2v) is 9.89. The SMILES string of the molecule is COc1ccc(-c2csc(NC(=O)C(Sc3ccc(NC(=O)/C=C/C(=O)O)cc3)c3ccccc3)n2)cc1. The van der Waals surface area contributed by atoms with E-state index >= 15 is 0 Å². The summed E-state index contributed by atoms with van der Waals surface area (Å²) in [4.78, 5) is 41.2. The van der Waals surface area contributed by atoms with Crippen molar-refractivity contribution in [2.75, 3.05) is 17.7 Å². The number of nitrogens with zero attached hydrogens (tertiary/aromatic N) is 1. The number of carbonyl (C=O) groups is 3. The summed E-state index contributed by atoms with van der Waals surface area (Å²) in [6, 6.07) is 23.9. The number of carboxylic acids is 1. The number of nitrogens with one attached hydrogen (secondary N) is 2. The molecule has 3 aromatic carbocycles. The van der Waals surface area contributed by atoms with E-state index in [0.29, 0.717) is 10.8 Å². The summed E-state index contributed by atoms with van der Waals surface area (Å²) in [5.41, 5.74) is 3.01. The Morgan fingerprint density at radius 3 is 2.32 bits per heavy atom. The van der Waals surface area contributed by atoms with Crippen LogP contribution in [0.1, 0.15) is 10.8 Å². The number of aliphatic carboxylic acids is 1. The molecule has 0 spiro atoms. The van der Waals surface area contributed by atoms with Gasteiger partial charge in [0, 0.05) is 33.7 Å². The maximum Gasteiger partial charge on any atom is 0.328 e. The molecule has 0 saturated carbocycles. The Morgan fingerprint density at radius 2 is 1.66 bits per heavy atom. The first-order valence-corrected chi connectivity index (χ1v) is 13.1. The number of carbonyl (C=O) groups excluding carboxylic acids is 2. The fraction of sp³-hybridized carbons (Fsp3) is 0.0714. The molecule has 38 heavy (non-hydrogen) atoms. The fourth-order valence-electron chi connectivity index (χ4n) is 3.38. The number of rotatable bonds is 10. The predicted molar refractivity (Wildman–Crippen MR) is 150 cm³/mol. The third kappa shape index (κ3) is 7.31. The number of amides is 2. The topological polar surface area (TPSA) is 118 Å². The number of hydrogen-bond acceptors (Lipinski definition) is 7. The summed E-state index contributed by atoms with van der Waals surface area (Å²) in [6.07, 6.45) is 1.71. The van der Waals surface area contributed by atoms with Crippen LogP contribution in [-0.4, -0.2) is 35.0 Å². The molecular formula is C28H23N3O5S2. The Kier molecular flexibility index (Phi) is 8.91. The van der Waals surface area contributed by atoms with Gasteiger partial charge in [-0.3, -0.25) is 9.59 Å². The predicted octanol–water partition coefficient (Wildman–Crippen LogP) is 5.87. The van der Waals surface area contributed by atoms with E-state index in [2.05, 4.69) is 15.6 Å². The van der Waals surface area contributed by atoms with Crippen LogP contribution in [-0.2, 0) is 14.4 Å². The van der Waals surface area contributed by atoms with Crippen LogP contribution in [0.15, 0.2) is 101 Å². The zero-order valence-electron chi connectivity index (χ0n) is 20.2. The molecule has 10 heteroatoms. The summed E-state index contributed by atoms with van der Waals surface area (Å²) in [5, 5.41) is 16.0. The fourth-order valence-corrected chi connectivity index (χ4v) is 5.13. The van der Waals surface area contributed by atoms with E-state index in [9.17, 15) is 14.4 Å². The van der Waals surface area contributed by atoms with Crippen molar-refractivity contribution in [1.29, 1.82) is 0 Å². The van der Waals surface area contributed by atoms with Gasteiger partial charge in [-0.05, 0) is 54.1 Å². The van der Waals surface area contributed by atoms with Crippen LogP contribution in [0, 0.1) is 0 Å². The van der Waals surface area contributed by atoms with Crippen LogP contribution in [0.25, 0.3) is 11.3 Å². The third-order valence-corrected chi connectivity index (χ3v) is 7.24. The van der Waals surface area contributed by atoms with Crippen LogP contribution in [0.4, 0.5) is 10.8 Å². The molecule has 2 amide bonds. The van der Waals surface area contributed by atoms with Crippen LogP contribution in [0.3, 0.4) is 0 Å². The first-order chi connectivity index (χ1) is 18.4. The number of aromatic nitrogens is 1. The number of methoxy groups -OCH3 is 1. The number of anilines is 2. The lowest BCUT2D eigenvalue weighted by Crippen LogP contribution is -2.19. The van der Waals surface area contributed by atoms with Gasteiger partial charge in [-0.1, -0.05) is 30.3 Å². The average Bonchev–Trinajstić information content (AvgIpc) is 3.40. The smallest absolute Gasteiger partial charge is 0.328 e. The second kappa shape index (κ2) is 12.7. The van der Waals surface area contributed by atoms with Gasteiger partial charge in [0.25, 0.3) is 0 Å². The van der Waals surface area contributed by atoms with Crippen molar-refractivity contribution < 1.29 is 24.2 Å². The Bertz CT molecular complexity index is 1440. The first-order valence-electron chi connectivity index (χ1n) is 11.4. The lowest BCUT2D eigenvalue weighted by atomic mass is 10.1. The van der Waals surface area contributed by atoms with Gasteiger partial charge in [0.15, 0.2) is 5.13 Å². The summed E-state index contributed by atoms with van der Waals surface area (Å²) in [7, 11) is 1.61. The zero-order chi connectivity index (χ0) is 26.9.